The largest absolute Gasteiger partial charge is 0.308 e. The molecule has 5 nitrogen and oxygen atoms in total. The van der Waals surface area contributed by atoms with Crippen LogP contribution < -0.4 is 9.60 Å². The molecule has 0 radical (unpaired) electrons. The van der Waals surface area contributed by atoms with Crippen molar-refractivity contribution in [3.63, 3.8) is 0 Å². The average Bonchev–Trinajstić information content (AvgIpc) is 3.09. The fraction of sp³-hybridized carbons (Fsp3) is 0.240. The maximum absolute atomic E-state index is 13.3. The van der Waals surface area contributed by atoms with Crippen molar-refractivity contribution >= 4 is 43.2 Å². The highest BCUT2D eigenvalue weighted by atomic mass is 35.5. The molecular weight excluding hydrogens is 476 g/mol. The van der Waals surface area contributed by atoms with Crippen LogP contribution in [0.15, 0.2) is 82.5 Å². The minimum absolute atomic E-state index is 0.144. The number of halogens is 1. The third kappa shape index (κ3) is 5.38. The fourth-order valence-corrected chi connectivity index (χ4v) is 6.29. The second-order valence-corrected chi connectivity index (χ2v) is 11.5. The summed E-state index contributed by atoms with van der Waals surface area (Å²) in [5.41, 5.74) is 2.44. The van der Waals surface area contributed by atoms with Crippen LogP contribution in [0.2, 0.25) is 5.02 Å². The first-order valence-electron chi connectivity index (χ1n) is 10.7. The smallest absolute Gasteiger partial charge is 0.294 e. The highest BCUT2D eigenvalue weighted by Crippen LogP contribution is 2.27. The van der Waals surface area contributed by atoms with E-state index in [4.69, 9.17) is 11.6 Å². The third-order valence-corrected chi connectivity index (χ3v) is 8.22. The van der Waals surface area contributed by atoms with Gasteiger partial charge in [-0.3, -0.25) is 9.36 Å². The molecule has 4 rings (SSSR count). The van der Waals surface area contributed by atoms with E-state index in [2.05, 4.69) is 18.6 Å². The molecule has 172 valence electrons. The number of benzene rings is 3. The summed E-state index contributed by atoms with van der Waals surface area (Å²) in [4.78, 5) is 12.7. The van der Waals surface area contributed by atoms with E-state index in [9.17, 15) is 13.2 Å². The van der Waals surface area contributed by atoms with Gasteiger partial charge in [-0.05, 0) is 47.7 Å². The van der Waals surface area contributed by atoms with E-state index in [1.165, 1.54) is 0 Å². The Bertz CT molecular complexity index is 1430. The van der Waals surface area contributed by atoms with Gasteiger partial charge in [0.05, 0.1) is 21.7 Å². The molecule has 8 heteroatoms. The molecule has 4 aromatic rings. The SMILES string of the molecule is CC(C)C[C@H](NS(=O)(=O)c1ccc2c(c1)sc(=O)n2Cc1ccccc1Cl)c1ccccc1. The zero-order valence-corrected chi connectivity index (χ0v) is 20.8. The van der Waals surface area contributed by atoms with Crippen molar-refractivity contribution in [1.82, 2.24) is 9.29 Å². The molecule has 0 saturated carbocycles. The van der Waals surface area contributed by atoms with Crippen LogP contribution in [0.25, 0.3) is 10.2 Å². The summed E-state index contributed by atoms with van der Waals surface area (Å²) in [5.74, 6) is 0.310. The first-order valence-corrected chi connectivity index (χ1v) is 13.4. The van der Waals surface area contributed by atoms with Gasteiger partial charge in [0, 0.05) is 11.1 Å². The van der Waals surface area contributed by atoms with Crippen LogP contribution in [0.1, 0.15) is 37.4 Å². The van der Waals surface area contributed by atoms with Crippen LogP contribution in [-0.2, 0) is 16.6 Å². The molecule has 0 spiro atoms. The Labute approximate surface area is 202 Å². The lowest BCUT2D eigenvalue weighted by Crippen LogP contribution is -2.29. The Kier molecular flexibility index (Phi) is 7.05. The van der Waals surface area contributed by atoms with Crippen molar-refractivity contribution in [2.24, 2.45) is 5.92 Å². The van der Waals surface area contributed by atoms with Gasteiger partial charge in [-0.2, -0.15) is 0 Å². The molecule has 3 aromatic carbocycles. The lowest BCUT2D eigenvalue weighted by Gasteiger charge is -2.21. The Hall–Kier alpha value is -2.45. The maximum atomic E-state index is 13.3. The third-order valence-electron chi connectivity index (χ3n) is 5.44. The summed E-state index contributed by atoms with van der Waals surface area (Å²) < 4.78 is 31.6. The molecule has 0 aliphatic carbocycles. The number of rotatable bonds is 8. The summed E-state index contributed by atoms with van der Waals surface area (Å²) in [7, 11) is -3.79. The molecule has 0 amide bonds. The molecule has 1 aromatic heterocycles. The van der Waals surface area contributed by atoms with Gasteiger partial charge in [0.15, 0.2) is 0 Å². The Morgan fingerprint density at radius 2 is 1.70 bits per heavy atom. The summed E-state index contributed by atoms with van der Waals surface area (Å²) in [6.45, 7) is 4.46. The van der Waals surface area contributed by atoms with E-state index in [0.717, 1.165) is 22.5 Å². The predicted octanol–water partition coefficient (Wildman–Crippen LogP) is 5.83. The first-order chi connectivity index (χ1) is 15.7. The van der Waals surface area contributed by atoms with E-state index >= 15 is 0 Å². The van der Waals surface area contributed by atoms with Crippen LogP contribution in [-0.4, -0.2) is 13.0 Å². The standard InChI is InChI=1S/C25H25ClN2O3S2/c1-17(2)14-22(18-8-4-3-5-9-18)27-33(30,31)20-12-13-23-24(15-20)32-25(29)28(23)16-19-10-6-7-11-21(19)26/h3-13,15,17,22,27H,14,16H2,1-2H3/t22-/m0/s1. The number of hydrogen-bond donors (Lipinski definition) is 1. The number of sulfonamides is 1. The Balaban J connectivity index is 1.66. The van der Waals surface area contributed by atoms with Gasteiger partial charge >= 0.3 is 4.87 Å². The Morgan fingerprint density at radius 1 is 1.00 bits per heavy atom. The molecule has 0 aliphatic rings. The van der Waals surface area contributed by atoms with Crippen molar-refractivity contribution in [1.29, 1.82) is 0 Å². The highest BCUT2D eigenvalue weighted by molar-refractivity contribution is 7.89. The zero-order valence-electron chi connectivity index (χ0n) is 18.4. The van der Waals surface area contributed by atoms with Gasteiger partial charge in [0.2, 0.25) is 10.0 Å². The van der Waals surface area contributed by atoms with Gasteiger partial charge < -0.3 is 0 Å². The molecule has 1 N–H and O–H groups in total. The first kappa shape index (κ1) is 23.7. The lowest BCUT2D eigenvalue weighted by molar-refractivity contribution is 0.472. The van der Waals surface area contributed by atoms with Crippen molar-refractivity contribution in [2.75, 3.05) is 0 Å². The Morgan fingerprint density at radius 3 is 2.39 bits per heavy atom. The van der Waals surface area contributed by atoms with E-state index in [1.807, 2.05) is 48.5 Å². The van der Waals surface area contributed by atoms with E-state index < -0.39 is 10.0 Å². The minimum Gasteiger partial charge on any atom is -0.294 e. The van der Waals surface area contributed by atoms with Crippen LogP contribution in [0.5, 0.6) is 0 Å². The molecular formula is C25H25ClN2O3S2. The van der Waals surface area contributed by atoms with E-state index in [1.54, 1.807) is 28.8 Å². The molecule has 33 heavy (non-hydrogen) atoms. The zero-order chi connectivity index (χ0) is 23.6. The van der Waals surface area contributed by atoms with Crippen LogP contribution in [0.3, 0.4) is 0 Å². The molecule has 0 saturated heterocycles. The molecule has 1 heterocycles. The van der Waals surface area contributed by atoms with Gasteiger partial charge in [-0.1, -0.05) is 85.3 Å². The van der Waals surface area contributed by atoms with E-state index in [-0.39, 0.29) is 15.8 Å². The fourth-order valence-electron chi connectivity index (χ4n) is 3.82. The number of fused-ring (bicyclic) bond motifs is 1. The highest BCUT2D eigenvalue weighted by Gasteiger charge is 2.23. The van der Waals surface area contributed by atoms with Crippen LogP contribution in [0, 0.1) is 5.92 Å². The van der Waals surface area contributed by atoms with Crippen molar-refractivity contribution in [3.05, 3.63) is 98.6 Å². The quantitative estimate of drug-likeness (QED) is 0.331. The number of nitrogens with one attached hydrogen (secondary N) is 1. The average molecular weight is 501 g/mol. The molecule has 0 aliphatic heterocycles. The molecule has 1 atom stereocenters. The van der Waals surface area contributed by atoms with Gasteiger partial charge in [-0.25, -0.2) is 13.1 Å². The second kappa shape index (κ2) is 9.81. The summed E-state index contributed by atoms with van der Waals surface area (Å²) in [6, 6.07) is 21.4. The minimum atomic E-state index is -3.79. The second-order valence-electron chi connectivity index (χ2n) is 8.39. The monoisotopic (exact) mass is 500 g/mol. The maximum Gasteiger partial charge on any atom is 0.308 e. The topological polar surface area (TPSA) is 68.2 Å². The molecule has 0 unspecified atom stereocenters. The number of thiazole rings is 1. The van der Waals surface area contributed by atoms with E-state index in [0.29, 0.717) is 34.1 Å². The van der Waals surface area contributed by atoms with Gasteiger partial charge in [0.25, 0.3) is 0 Å². The number of aromatic nitrogens is 1. The van der Waals surface area contributed by atoms with Gasteiger partial charge in [0.1, 0.15) is 0 Å². The van der Waals surface area contributed by atoms with Crippen LogP contribution >= 0.6 is 22.9 Å². The molecule has 0 bridgehead atoms. The van der Waals surface area contributed by atoms with Crippen molar-refractivity contribution in [3.8, 4) is 0 Å². The predicted molar refractivity (Wildman–Crippen MR) is 136 cm³/mol. The van der Waals surface area contributed by atoms with Gasteiger partial charge in [-0.15, -0.1) is 0 Å². The number of hydrogen-bond acceptors (Lipinski definition) is 4. The normalized spacial score (nSPS) is 13.0. The van der Waals surface area contributed by atoms with Crippen molar-refractivity contribution in [2.45, 2.75) is 37.8 Å². The van der Waals surface area contributed by atoms with Crippen molar-refractivity contribution < 1.29 is 8.42 Å². The summed E-state index contributed by atoms with van der Waals surface area (Å²) in [5, 5.41) is 0.587. The summed E-state index contributed by atoms with van der Waals surface area (Å²) in [6.07, 6.45) is 0.674. The van der Waals surface area contributed by atoms with Crippen LogP contribution in [0.4, 0.5) is 0 Å². The molecule has 0 fully saturated rings. The lowest BCUT2D eigenvalue weighted by atomic mass is 9.98. The number of nitrogens with zero attached hydrogens (tertiary/aromatic N) is 1. The summed E-state index contributed by atoms with van der Waals surface area (Å²) >= 11 is 7.30.